The van der Waals surface area contributed by atoms with Gasteiger partial charge >= 0.3 is 5.56 Å². The van der Waals surface area contributed by atoms with Gasteiger partial charge in [-0.25, -0.2) is 0 Å². The molecule has 7 heteroatoms. The van der Waals surface area contributed by atoms with Gasteiger partial charge < -0.3 is 5.73 Å². The fourth-order valence-electron chi connectivity index (χ4n) is 2.41. The number of para-hydroxylation sites is 1. The van der Waals surface area contributed by atoms with E-state index in [4.69, 9.17) is 5.73 Å². The Bertz CT molecular complexity index is 1100. The fourth-order valence-corrected chi connectivity index (χ4v) is 3.29. The van der Waals surface area contributed by atoms with Crippen molar-refractivity contribution in [3.63, 3.8) is 0 Å². The summed E-state index contributed by atoms with van der Waals surface area (Å²) in [6.07, 6.45) is 0. The van der Waals surface area contributed by atoms with Crippen molar-refractivity contribution in [2.24, 2.45) is 0 Å². The molecule has 0 aliphatic carbocycles. The van der Waals surface area contributed by atoms with E-state index in [1.165, 1.54) is 15.9 Å². The lowest BCUT2D eigenvalue weighted by atomic mass is 10.1. The molecule has 2 aromatic heterocycles. The average molecular weight is 335 g/mol. The highest BCUT2D eigenvalue weighted by molar-refractivity contribution is 7.19. The predicted octanol–water partition coefficient (Wildman–Crippen LogP) is 2.77. The number of nitrogen functional groups attached to an aromatic ring is 1. The number of anilines is 1. The monoisotopic (exact) mass is 335 g/mol. The van der Waals surface area contributed by atoms with Gasteiger partial charge in [-0.15, -0.1) is 10.2 Å². The van der Waals surface area contributed by atoms with Gasteiger partial charge in [0, 0.05) is 16.8 Å². The van der Waals surface area contributed by atoms with Crippen molar-refractivity contribution in [1.29, 1.82) is 0 Å². The summed E-state index contributed by atoms with van der Waals surface area (Å²) < 4.78 is 1.29. The smallest absolute Gasteiger partial charge is 0.302 e. The SMILES string of the molecule is Cc1ccc(-c2nnc3sc(-c4ccccc4N)nn3c2=O)cc1. The number of benzene rings is 2. The Balaban J connectivity index is 1.90. The van der Waals surface area contributed by atoms with Crippen LogP contribution in [0, 0.1) is 6.92 Å². The van der Waals surface area contributed by atoms with Crippen LogP contribution in [0.3, 0.4) is 0 Å². The minimum absolute atomic E-state index is 0.283. The maximum atomic E-state index is 12.7. The van der Waals surface area contributed by atoms with Gasteiger partial charge in [0.05, 0.1) is 0 Å². The zero-order valence-corrected chi connectivity index (χ0v) is 13.6. The van der Waals surface area contributed by atoms with Crippen LogP contribution in [0.15, 0.2) is 53.3 Å². The first-order chi connectivity index (χ1) is 11.6. The number of fused-ring (bicyclic) bond motifs is 1. The summed E-state index contributed by atoms with van der Waals surface area (Å²) in [7, 11) is 0. The van der Waals surface area contributed by atoms with Crippen LogP contribution in [0.1, 0.15) is 5.56 Å². The van der Waals surface area contributed by atoms with E-state index < -0.39 is 0 Å². The molecule has 4 aromatic rings. The molecule has 0 amide bonds. The van der Waals surface area contributed by atoms with E-state index >= 15 is 0 Å². The molecule has 0 radical (unpaired) electrons. The third kappa shape index (κ3) is 2.35. The summed E-state index contributed by atoms with van der Waals surface area (Å²) in [5.41, 5.74) is 9.21. The van der Waals surface area contributed by atoms with Crippen LogP contribution >= 0.6 is 11.3 Å². The van der Waals surface area contributed by atoms with Gasteiger partial charge in [-0.3, -0.25) is 4.79 Å². The molecule has 24 heavy (non-hydrogen) atoms. The Hall–Kier alpha value is -3.06. The van der Waals surface area contributed by atoms with Crippen molar-refractivity contribution >= 4 is 22.0 Å². The Morgan fingerprint density at radius 1 is 1.04 bits per heavy atom. The van der Waals surface area contributed by atoms with E-state index in [9.17, 15) is 4.79 Å². The van der Waals surface area contributed by atoms with E-state index in [0.717, 1.165) is 16.7 Å². The number of hydrogen-bond donors (Lipinski definition) is 1. The number of nitrogens with zero attached hydrogens (tertiary/aromatic N) is 4. The highest BCUT2D eigenvalue weighted by Crippen LogP contribution is 2.28. The second-order valence-electron chi connectivity index (χ2n) is 5.41. The van der Waals surface area contributed by atoms with Crippen LogP contribution < -0.4 is 11.3 Å². The largest absolute Gasteiger partial charge is 0.398 e. The molecule has 0 spiro atoms. The molecule has 0 atom stereocenters. The molecule has 118 valence electrons. The zero-order chi connectivity index (χ0) is 16.7. The Morgan fingerprint density at radius 3 is 2.54 bits per heavy atom. The van der Waals surface area contributed by atoms with Gasteiger partial charge in [0.15, 0.2) is 5.69 Å². The number of rotatable bonds is 2. The fraction of sp³-hybridized carbons (Fsp3) is 0.0588. The van der Waals surface area contributed by atoms with Crippen LogP contribution in [-0.4, -0.2) is 19.8 Å². The van der Waals surface area contributed by atoms with E-state index in [-0.39, 0.29) is 11.3 Å². The summed E-state index contributed by atoms with van der Waals surface area (Å²) in [5, 5.41) is 13.3. The van der Waals surface area contributed by atoms with Crippen LogP contribution in [-0.2, 0) is 0 Å². The van der Waals surface area contributed by atoms with Gasteiger partial charge in [-0.1, -0.05) is 53.3 Å². The molecular formula is C17H13N5OS. The molecule has 0 unspecified atom stereocenters. The molecular weight excluding hydrogens is 322 g/mol. The second kappa shape index (κ2) is 5.54. The Kier molecular flexibility index (Phi) is 3.35. The molecule has 0 bridgehead atoms. The summed E-state index contributed by atoms with van der Waals surface area (Å²) >= 11 is 1.28. The van der Waals surface area contributed by atoms with Crippen LogP contribution in [0.4, 0.5) is 5.69 Å². The van der Waals surface area contributed by atoms with Gasteiger partial charge in [0.25, 0.3) is 0 Å². The molecule has 0 fully saturated rings. The van der Waals surface area contributed by atoms with E-state index in [2.05, 4.69) is 15.3 Å². The second-order valence-corrected chi connectivity index (χ2v) is 6.36. The van der Waals surface area contributed by atoms with Crippen molar-refractivity contribution in [3.8, 4) is 21.8 Å². The van der Waals surface area contributed by atoms with Crippen molar-refractivity contribution in [2.45, 2.75) is 6.92 Å². The molecule has 0 saturated carbocycles. The zero-order valence-electron chi connectivity index (χ0n) is 12.8. The lowest BCUT2D eigenvalue weighted by molar-refractivity contribution is 0.862. The van der Waals surface area contributed by atoms with Crippen LogP contribution in [0.2, 0.25) is 0 Å². The standard InChI is InChI=1S/C17H13N5OS/c1-10-6-8-11(9-7-10)14-16(23)22-17(20-19-14)24-15(21-22)12-4-2-3-5-13(12)18/h2-9H,18H2,1H3. The molecule has 2 N–H and O–H groups in total. The van der Waals surface area contributed by atoms with Gasteiger partial charge in [0.2, 0.25) is 4.96 Å². The topological polar surface area (TPSA) is 86.2 Å². The quantitative estimate of drug-likeness (QED) is 0.569. The van der Waals surface area contributed by atoms with Crippen molar-refractivity contribution < 1.29 is 0 Å². The first-order valence-electron chi connectivity index (χ1n) is 7.32. The molecule has 2 heterocycles. The number of hydrogen-bond acceptors (Lipinski definition) is 6. The van der Waals surface area contributed by atoms with Crippen LogP contribution in [0.5, 0.6) is 0 Å². The van der Waals surface area contributed by atoms with E-state index in [0.29, 0.717) is 15.7 Å². The van der Waals surface area contributed by atoms with E-state index in [1.54, 1.807) is 6.07 Å². The lowest BCUT2D eigenvalue weighted by Gasteiger charge is -2.00. The highest BCUT2D eigenvalue weighted by atomic mass is 32.1. The van der Waals surface area contributed by atoms with E-state index in [1.807, 2.05) is 49.4 Å². The Labute approximate surface area is 141 Å². The van der Waals surface area contributed by atoms with Crippen LogP contribution in [0.25, 0.3) is 26.8 Å². The normalized spacial score (nSPS) is 11.0. The first-order valence-corrected chi connectivity index (χ1v) is 8.13. The predicted molar refractivity (Wildman–Crippen MR) is 95.0 cm³/mol. The molecule has 0 aliphatic rings. The number of aryl methyl sites for hydroxylation is 1. The van der Waals surface area contributed by atoms with Gasteiger partial charge in [0.1, 0.15) is 5.01 Å². The summed E-state index contributed by atoms with van der Waals surface area (Å²) in [5.74, 6) is 0. The third-order valence-electron chi connectivity index (χ3n) is 3.71. The molecule has 2 aromatic carbocycles. The average Bonchev–Trinajstić information content (AvgIpc) is 3.02. The summed E-state index contributed by atoms with van der Waals surface area (Å²) in [6, 6.07) is 15.0. The van der Waals surface area contributed by atoms with Gasteiger partial charge in [-0.2, -0.15) is 9.61 Å². The lowest BCUT2D eigenvalue weighted by Crippen LogP contribution is -2.19. The number of nitrogens with two attached hydrogens (primary N) is 1. The maximum absolute atomic E-state index is 12.7. The molecule has 6 nitrogen and oxygen atoms in total. The minimum atomic E-state index is -0.291. The Morgan fingerprint density at radius 2 is 1.79 bits per heavy atom. The summed E-state index contributed by atoms with van der Waals surface area (Å²) in [4.78, 5) is 13.2. The summed E-state index contributed by atoms with van der Waals surface area (Å²) in [6.45, 7) is 1.99. The van der Waals surface area contributed by atoms with Crippen molar-refractivity contribution in [1.82, 2.24) is 19.8 Å². The minimum Gasteiger partial charge on any atom is -0.398 e. The molecule has 0 saturated heterocycles. The third-order valence-corrected chi connectivity index (χ3v) is 4.64. The number of aromatic nitrogens is 4. The first kappa shape index (κ1) is 14.5. The molecule has 0 aliphatic heterocycles. The van der Waals surface area contributed by atoms with Crippen molar-refractivity contribution in [3.05, 3.63) is 64.4 Å². The van der Waals surface area contributed by atoms with Crippen molar-refractivity contribution in [2.75, 3.05) is 5.73 Å². The highest BCUT2D eigenvalue weighted by Gasteiger charge is 2.15. The molecule has 4 rings (SSSR count). The maximum Gasteiger partial charge on any atom is 0.302 e. The van der Waals surface area contributed by atoms with Gasteiger partial charge in [-0.05, 0) is 19.1 Å².